The van der Waals surface area contributed by atoms with Crippen LogP contribution in [0, 0.1) is 18.3 Å². The zero-order chi connectivity index (χ0) is 13.3. The third-order valence-corrected chi connectivity index (χ3v) is 2.63. The Morgan fingerprint density at radius 3 is 2.67 bits per heavy atom. The summed E-state index contributed by atoms with van der Waals surface area (Å²) in [7, 11) is 0. The minimum Gasteiger partial charge on any atom is -0.312 e. The predicted octanol–water partition coefficient (Wildman–Crippen LogP) is 0.844. The first-order valence-corrected chi connectivity index (χ1v) is 5.30. The van der Waals surface area contributed by atoms with Gasteiger partial charge in [0.1, 0.15) is 0 Å². The summed E-state index contributed by atoms with van der Waals surface area (Å²) in [5.74, 6) is -2.71. The molecule has 6 heteroatoms. The molecule has 92 valence electrons. The molecule has 0 saturated carbocycles. The number of amides is 4. The van der Waals surface area contributed by atoms with Gasteiger partial charge in [-0.15, -0.1) is 0 Å². The molecule has 0 radical (unpaired) electrons. The van der Waals surface area contributed by atoms with E-state index in [-0.39, 0.29) is 0 Å². The van der Waals surface area contributed by atoms with Crippen molar-refractivity contribution in [3.63, 3.8) is 0 Å². The maximum atomic E-state index is 12.0. The lowest BCUT2D eigenvalue weighted by molar-refractivity contribution is -0.131. The number of anilines is 1. The van der Waals surface area contributed by atoms with Gasteiger partial charge < -0.3 is 5.41 Å². The summed E-state index contributed by atoms with van der Waals surface area (Å²) in [6.07, 6.45) is 0.729. The van der Waals surface area contributed by atoms with Crippen molar-refractivity contribution in [2.45, 2.75) is 6.92 Å². The SMILES string of the molecule is Cc1cccc(N2C(=O)NC(=O)[C@H](C=N)C2=O)c1. The molecule has 0 aliphatic carbocycles. The molecule has 0 spiro atoms. The van der Waals surface area contributed by atoms with Crippen molar-refractivity contribution in [1.29, 1.82) is 5.41 Å². The third kappa shape index (κ3) is 1.88. The first-order valence-electron chi connectivity index (χ1n) is 5.30. The molecular weight excluding hydrogens is 234 g/mol. The Labute approximate surface area is 103 Å². The molecule has 2 rings (SSSR count). The van der Waals surface area contributed by atoms with E-state index in [1.165, 1.54) is 0 Å². The zero-order valence-corrected chi connectivity index (χ0v) is 9.64. The van der Waals surface area contributed by atoms with E-state index in [0.717, 1.165) is 16.7 Å². The quantitative estimate of drug-likeness (QED) is 0.597. The van der Waals surface area contributed by atoms with Crippen LogP contribution in [0.5, 0.6) is 0 Å². The first-order chi connectivity index (χ1) is 8.54. The Morgan fingerprint density at radius 1 is 1.33 bits per heavy atom. The molecule has 1 heterocycles. The Balaban J connectivity index is 2.43. The van der Waals surface area contributed by atoms with Crippen molar-refractivity contribution in [3.8, 4) is 0 Å². The summed E-state index contributed by atoms with van der Waals surface area (Å²) in [6.45, 7) is 1.83. The normalized spacial score (nSPS) is 19.7. The number of barbiturate groups is 1. The first kappa shape index (κ1) is 12.0. The van der Waals surface area contributed by atoms with E-state index in [0.29, 0.717) is 5.69 Å². The Hall–Kier alpha value is -2.50. The van der Waals surface area contributed by atoms with Gasteiger partial charge >= 0.3 is 6.03 Å². The van der Waals surface area contributed by atoms with Crippen molar-refractivity contribution in [2.24, 2.45) is 5.92 Å². The van der Waals surface area contributed by atoms with Crippen molar-refractivity contribution in [2.75, 3.05) is 4.90 Å². The molecule has 1 aliphatic rings. The van der Waals surface area contributed by atoms with Crippen LogP contribution >= 0.6 is 0 Å². The van der Waals surface area contributed by atoms with Gasteiger partial charge in [0, 0.05) is 6.21 Å². The number of nitrogens with one attached hydrogen (secondary N) is 2. The van der Waals surface area contributed by atoms with Gasteiger partial charge in [0.05, 0.1) is 5.69 Å². The van der Waals surface area contributed by atoms with Gasteiger partial charge in [-0.1, -0.05) is 12.1 Å². The van der Waals surface area contributed by atoms with E-state index >= 15 is 0 Å². The van der Waals surface area contributed by atoms with Gasteiger partial charge in [-0.25, -0.2) is 9.69 Å². The minimum atomic E-state index is -1.25. The van der Waals surface area contributed by atoms with Crippen molar-refractivity contribution < 1.29 is 14.4 Å². The summed E-state index contributed by atoms with van der Waals surface area (Å²) in [6, 6.07) is 6.01. The average Bonchev–Trinajstić information content (AvgIpc) is 2.28. The van der Waals surface area contributed by atoms with Crippen LogP contribution in [0.25, 0.3) is 0 Å². The second-order valence-corrected chi connectivity index (χ2v) is 3.95. The van der Waals surface area contributed by atoms with E-state index in [4.69, 9.17) is 5.41 Å². The van der Waals surface area contributed by atoms with Gasteiger partial charge in [0.25, 0.3) is 5.91 Å². The van der Waals surface area contributed by atoms with E-state index in [1.54, 1.807) is 18.2 Å². The van der Waals surface area contributed by atoms with Crippen molar-refractivity contribution in [1.82, 2.24) is 5.32 Å². The molecule has 4 amide bonds. The Kier molecular flexibility index (Phi) is 2.93. The van der Waals surface area contributed by atoms with Crippen LogP contribution in [-0.2, 0) is 9.59 Å². The van der Waals surface area contributed by atoms with E-state index in [1.807, 2.05) is 13.0 Å². The van der Waals surface area contributed by atoms with Crippen LogP contribution < -0.4 is 10.2 Å². The lowest BCUT2D eigenvalue weighted by Crippen LogP contribution is -2.58. The lowest BCUT2D eigenvalue weighted by Gasteiger charge is -2.28. The molecule has 6 nitrogen and oxygen atoms in total. The van der Waals surface area contributed by atoms with Crippen molar-refractivity contribution in [3.05, 3.63) is 29.8 Å². The van der Waals surface area contributed by atoms with Gasteiger partial charge in [0.2, 0.25) is 5.91 Å². The summed E-state index contributed by atoms with van der Waals surface area (Å²) < 4.78 is 0. The van der Waals surface area contributed by atoms with Crippen LogP contribution in [0.1, 0.15) is 5.56 Å². The van der Waals surface area contributed by atoms with E-state index in [2.05, 4.69) is 5.32 Å². The molecule has 2 N–H and O–H groups in total. The molecule has 0 bridgehead atoms. The van der Waals surface area contributed by atoms with Gasteiger partial charge in [-0.3, -0.25) is 14.9 Å². The van der Waals surface area contributed by atoms with Gasteiger partial charge in [0.15, 0.2) is 5.92 Å². The monoisotopic (exact) mass is 245 g/mol. The summed E-state index contributed by atoms with van der Waals surface area (Å²) in [5, 5.41) is 9.13. The zero-order valence-electron chi connectivity index (χ0n) is 9.64. The largest absolute Gasteiger partial charge is 0.335 e. The minimum absolute atomic E-state index is 0.386. The molecule has 1 aromatic carbocycles. The number of aryl methyl sites for hydroxylation is 1. The number of hydrogen-bond acceptors (Lipinski definition) is 4. The predicted molar refractivity (Wildman–Crippen MR) is 64.5 cm³/mol. The van der Waals surface area contributed by atoms with Gasteiger partial charge in [-0.2, -0.15) is 0 Å². The Bertz CT molecular complexity index is 553. The summed E-state index contributed by atoms with van der Waals surface area (Å²) in [4.78, 5) is 35.9. The van der Waals surface area contributed by atoms with Crippen molar-refractivity contribution >= 4 is 29.7 Å². The van der Waals surface area contributed by atoms with E-state index < -0.39 is 23.8 Å². The fourth-order valence-corrected chi connectivity index (χ4v) is 1.75. The number of carbonyl (C=O) groups is 3. The number of imide groups is 2. The third-order valence-electron chi connectivity index (χ3n) is 2.63. The highest BCUT2D eigenvalue weighted by atomic mass is 16.2. The highest BCUT2D eigenvalue weighted by Gasteiger charge is 2.40. The molecule has 1 aromatic rings. The maximum absolute atomic E-state index is 12.0. The number of nitrogens with zero attached hydrogens (tertiary/aromatic N) is 1. The second-order valence-electron chi connectivity index (χ2n) is 3.95. The number of hydrogen-bond donors (Lipinski definition) is 2. The highest BCUT2D eigenvalue weighted by Crippen LogP contribution is 2.20. The number of benzene rings is 1. The smallest absolute Gasteiger partial charge is 0.312 e. The number of rotatable bonds is 2. The average molecular weight is 245 g/mol. The summed E-state index contributed by atoms with van der Waals surface area (Å²) >= 11 is 0. The molecular formula is C12H11N3O3. The van der Waals surface area contributed by atoms with Crippen LogP contribution in [-0.4, -0.2) is 24.1 Å². The molecule has 0 unspecified atom stereocenters. The van der Waals surface area contributed by atoms with Gasteiger partial charge in [-0.05, 0) is 24.6 Å². The van der Waals surface area contributed by atoms with Crippen LogP contribution in [0.2, 0.25) is 0 Å². The molecule has 1 aliphatic heterocycles. The number of urea groups is 1. The second kappa shape index (κ2) is 4.40. The molecule has 18 heavy (non-hydrogen) atoms. The summed E-state index contributed by atoms with van der Waals surface area (Å²) in [5.41, 5.74) is 1.27. The highest BCUT2D eigenvalue weighted by molar-refractivity contribution is 6.32. The standard InChI is InChI=1S/C12H11N3O3/c1-7-3-2-4-8(5-7)15-11(17)9(6-13)10(16)14-12(15)18/h2-6,9,13H,1H3,(H,14,16,18)/t9-/m0/s1. The topological polar surface area (TPSA) is 90.3 Å². The lowest BCUT2D eigenvalue weighted by atomic mass is 10.1. The maximum Gasteiger partial charge on any atom is 0.335 e. The molecule has 1 fully saturated rings. The fourth-order valence-electron chi connectivity index (χ4n) is 1.75. The Morgan fingerprint density at radius 2 is 2.06 bits per heavy atom. The van der Waals surface area contributed by atoms with Crippen LogP contribution in [0.15, 0.2) is 24.3 Å². The molecule has 1 saturated heterocycles. The van der Waals surface area contributed by atoms with Crippen LogP contribution in [0.3, 0.4) is 0 Å². The molecule has 1 atom stereocenters. The van der Waals surface area contributed by atoms with E-state index in [9.17, 15) is 14.4 Å². The number of carbonyl (C=O) groups excluding carboxylic acids is 3. The molecule has 0 aromatic heterocycles. The fraction of sp³-hybridized carbons (Fsp3) is 0.167. The van der Waals surface area contributed by atoms with Crippen LogP contribution in [0.4, 0.5) is 10.5 Å².